The molecule has 0 N–H and O–H groups in total. The van der Waals surface area contributed by atoms with Crippen molar-refractivity contribution < 1.29 is 9.53 Å². The first kappa shape index (κ1) is 11.4. The maximum Gasteiger partial charge on any atom is 0.190 e. The number of ketones is 1. The molecule has 0 radical (unpaired) electrons. The third kappa shape index (κ3) is 2.18. The van der Waals surface area contributed by atoms with Gasteiger partial charge in [0.2, 0.25) is 0 Å². The number of carbonyl (C=O) groups is 1. The fourth-order valence-corrected chi connectivity index (χ4v) is 1.99. The molecule has 19 heavy (non-hydrogen) atoms. The van der Waals surface area contributed by atoms with Gasteiger partial charge in [-0.3, -0.25) is 9.59 Å². The summed E-state index contributed by atoms with van der Waals surface area (Å²) < 4.78 is 5.69. The first-order valence-electron chi connectivity index (χ1n) is 5.88. The van der Waals surface area contributed by atoms with Crippen molar-refractivity contribution in [2.45, 2.75) is 0 Å². The lowest BCUT2D eigenvalue weighted by Gasteiger charge is -2.06. The average Bonchev–Trinajstić information content (AvgIpc) is 2.60. The van der Waals surface area contributed by atoms with E-state index in [1.54, 1.807) is 12.1 Å². The van der Waals surface area contributed by atoms with Crippen molar-refractivity contribution in [2.75, 3.05) is 0 Å². The van der Waals surface area contributed by atoms with Crippen LogP contribution >= 0.6 is 0 Å². The third-order valence-electron chi connectivity index (χ3n) is 2.86. The van der Waals surface area contributed by atoms with E-state index in [0.717, 1.165) is 0 Å². The van der Waals surface area contributed by atoms with Gasteiger partial charge in [-0.05, 0) is 24.3 Å². The van der Waals surface area contributed by atoms with E-state index in [0.29, 0.717) is 22.6 Å². The van der Waals surface area contributed by atoms with E-state index in [1.165, 1.54) is 18.2 Å². The second-order valence-electron chi connectivity index (χ2n) is 4.19. The zero-order valence-corrected chi connectivity index (χ0v) is 10.00. The molecule has 0 unspecified atom stereocenters. The van der Waals surface area contributed by atoms with Crippen LogP contribution in [0.4, 0.5) is 0 Å². The Balaban J connectivity index is 2.04. The minimum Gasteiger partial charge on any atom is -0.457 e. The van der Waals surface area contributed by atoms with E-state index in [-0.39, 0.29) is 11.2 Å². The Bertz CT molecular complexity index is 730. The number of fused-ring (bicyclic) bond motifs is 1. The van der Waals surface area contributed by atoms with Crippen LogP contribution in [-0.4, -0.2) is 5.78 Å². The standard InChI is InChI=1S/C16H10O3/c17-11-5-4-8-13-14(9-11)15(18)10-16(13)19-12-6-2-1-3-7-12/h1-10H. The molecule has 3 heteroatoms. The van der Waals surface area contributed by atoms with E-state index in [4.69, 9.17) is 4.74 Å². The van der Waals surface area contributed by atoms with Gasteiger partial charge in [0, 0.05) is 17.2 Å². The summed E-state index contributed by atoms with van der Waals surface area (Å²) in [6.45, 7) is 0. The summed E-state index contributed by atoms with van der Waals surface area (Å²) in [5.41, 5.74) is 0.848. The number of carbonyl (C=O) groups excluding carboxylic acids is 1. The van der Waals surface area contributed by atoms with Crippen LogP contribution in [0.5, 0.6) is 5.75 Å². The second kappa shape index (κ2) is 4.53. The molecule has 0 fully saturated rings. The molecule has 2 aromatic carbocycles. The molecular formula is C16H10O3. The number of allylic oxidation sites excluding steroid dienone is 1. The summed E-state index contributed by atoms with van der Waals surface area (Å²) >= 11 is 0. The van der Waals surface area contributed by atoms with Gasteiger partial charge in [0.1, 0.15) is 11.5 Å². The summed E-state index contributed by atoms with van der Waals surface area (Å²) in [6, 6.07) is 15.3. The van der Waals surface area contributed by atoms with Crippen molar-refractivity contribution in [3.8, 4) is 5.75 Å². The fraction of sp³-hybridized carbons (Fsp3) is 0. The lowest BCUT2D eigenvalue weighted by Crippen LogP contribution is -1.97. The number of hydrogen-bond acceptors (Lipinski definition) is 3. The van der Waals surface area contributed by atoms with E-state index < -0.39 is 0 Å². The Morgan fingerprint density at radius 1 is 0.789 bits per heavy atom. The van der Waals surface area contributed by atoms with E-state index in [2.05, 4.69) is 0 Å². The van der Waals surface area contributed by atoms with Crippen LogP contribution in [0.1, 0.15) is 15.9 Å². The zero-order chi connectivity index (χ0) is 13.2. The summed E-state index contributed by atoms with van der Waals surface area (Å²) in [6.07, 6.45) is 1.41. The molecule has 0 saturated heterocycles. The zero-order valence-electron chi connectivity index (χ0n) is 10.00. The number of hydrogen-bond donors (Lipinski definition) is 0. The second-order valence-corrected chi connectivity index (χ2v) is 4.19. The molecule has 92 valence electrons. The van der Waals surface area contributed by atoms with Gasteiger partial charge in [0.05, 0.1) is 0 Å². The quantitative estimate of drug-likeness (QED) is 0.823. The first-order valence-corrected chi connectivity index (χ1v) is 5.88. The van der Waals surface area contributed by atoms with Crippen LogP contribution in [0, 0.1) is 0 Å². The van der Waals surface area contributed by atoms with Crippen molar-refractivity contribution in [3.05, 3.63) is 82.0 Å². The largest absolute Gasteiger partial charge is 0.457 e. The topological polar surface area (TPSA) is 43.4 Å². The fourth-order valence-electron chi connectivity index (χ4n) is 1.99. The highest BCUT2D eigenvalue weighted by Gasteiger charge is 2.22. The summed E-state index contributed by atoms with van der Waals surface area (Å²) in [4.78, 5) is 23.3. The highest BCUT2D eigenvalue weighted by Crippen LogP contribution is 2.28. The Labute approximate surface area is 109 Å². The molecule has 3 rings (SSSR count). The van der Waals surface area contributed by atoms with Gasteiger partial charge in [-0.1, -0.05) is 30.3 Å². The summed E-state index contributed by atoms with van der Waals surface area (Å²) in [7, 11) is 0. The molecule has 0 heterocycles. The smallest absolute Gasteiger partial charge is 0.190 e. The number of rotatable bonds is 2. The normalized spacial score (nSPS) is 12.8. The molecule has 0 aromatic heterocycles. The Kier molecular flexibility index (Phi) is 2.72. The van der Waals surface area contributed by atoms with Crippen molar-refractivity contribution >= 4 is 11.5 Å². The Morgan fingerprint density at radius 3 is 2.37 bits per heavy atom. The van der Waals surface area contributed by atoms with Gasteiger partial charge in [-0.25, -0.2) is 0 Å². The van der Waals surface area contributed by atoms with Gasteiger partial charge < -0.3 is 4.74 Å². The molecule has 0 amide bonds. The predicted molar refractivity (Wildman–Crippen MR) is 72.1 cm³/mol. The number of benzene rings is 1. The maximum absolute atomic E-state index is 11.9. The molecular weight excluding hydrogens is 240 g/mol. The molecule has 3 nitrogen and oxygen atoms in total. The third-order valence-corrected chi connectivity index (χ3v) is 2.86. The summed E-state index contributed by atoms with van der Waals surface area (Å²) in [5.74, 6) is 0.930. The van der Waals surface area contributed by atoms with Crippen LogP contribution in [0.25, 0.3) is 5.76 Å². The van der Waals surface area contributed by atoms with Crippen molar-refractivity contribution in [1.29, 1.82) is 0 Å². The monoisotopic (exact) mass is 250 g/mol. The summed E-state index contributed by atoms with van der Waals surface area (Å²) in [5, 5.41) is 0. The van der Waals surface area contributed by atoms with Crippen LogP contribution in [0.2, 0.25) is 0 Å². The van der Waals surface area contributed by atoms with E-state index in [1.807, 2.05) is 30.3 Å². The van der Waals surface area contributed by atoms with Crippen LogP contribution in [0.15, 0.2) is 65.5 Å². The number of para-hydroxylation sites is 1. The molecule has 0 atom stereocenters. The molecule has 1 aliphatic rings. The van der Waals surface area contributed by atoms with Gasteiger partial charge in [0.15, 0.2) is 11.2 Å². The van der Waals surface area contributed by atoms with Gasteiger partial charge >= 0.3 is 0 Å². The van der Waals surface area contributed by atoms with Crippen molar-refractivity contribution in [1.82, 2.24) is 0 Å². The van der Waals surface area contributed by atoms with Crippen LogP contribution in [-0.2, 0) is 0 Å². The SMILES string of the molecule is O=C1C=C(Oc2ccccc2)c2cccc(=O)cc21. The van der Waals surface area contributed by atoms with Crippen LogP contribution < -0.4 is 10.2 Å². The lowest BCUT2D eigenvalue weighted by molar-refractivity contribution is 0.104. The molecule has 1 aliphatic carbocycles. The molecule has 0 aliphatic heterocycles. The molecule has 0 saturated carbocycles. The predicted octanol–water partition coefficient (Wildman–Crippen LogP) is 2.66. The minimum absolute atomic E-state index is 0.191. The first-order chi connectivity index (χ1) is 9.24. The Hall–Kier alpha value is -2.68. The van der Waals surface area contributed by atoms with Crippen molar-refractivity contribution in [3.63, 3.8) is 0 Å². The van der Waals surface area contributed by atoms with Gasteiger partial charge in [-0.15, -0.1) is 0 Å². The van der Waals surface area contributed by atoms with E-state index >= 15 is 0 Å². The molecule has 0 spiro atoms. The van der Waals surface area contributed by atoms with Crippen molar-refractivity contribution in [2.24, 2.45) is 0 Å². The highest BCUT2D eigenvalue weighted by atomic mass is 16.5. The lowest BCUT2D eigenvalue weighted by atomic mass is 10.2. The highest BCUT2D eigenvalue weighted by molar-refractivity contribution is 6.15. The van der Waals surface area contributed by atoms with Gasteiger partial charge in [-0.2, -0.15) is 0 Å². The van der Waals surface area contributed by atoms with Crippen LogP contribution in [0.3, 0.4) is 0 Å². The number of ether oxygens (including phenoxy) is 1. The maximum atomic E-state index is 11.9. The van der Waals surface area contributed by atoms with E-state index in [9.17, 15) is 9.59 Å². The Morgan fingerprint density at radius 2 is 1.58 bits per heavy atom. The molecule has 2 aromatic rings. The average molecular weight is 250 g/mol. The minimum atomic E-state index is -0.200. The van der Waals surface area contributed by atoms with Gasteiger partial charge in [0.25, 0.3) is 0 Å². The molecule has 0 bridgehead atoms.